The Morgan fingerprint density at radius 2 is 1.89 bits per heavy atom. The van der Waals surface area contributed by atoms with E-state index in [9.17, 15) is 9.59 Å². The average Bonchev–Trinajstić information content (AvgIpc) is 2.34. The fraction of sp³-hybridized carbons (Fsp3) is 0.429. The van der Waals surface area contributed by atoms with Crippen molar-refractivity contribution in [3.63, 3.8) is 0 Å². The third-order valence-corrected chi connectivity index (χ3v) is 2.50. The van der Waals surface area contributed by atoms with Gasteiger partial charge in [0.05, 0.1) is 13.7 Å². The first-order chi connectivity index (χ1) is 8.54. The van der Waals surface area contributed by atoms with Crippen LogP contribution in [0.5, 0.6) is 11.5 Å². The van der Waals surface area contributed by atoms with Crippen molar-refractivity contribution in [3.8, 4) is 11.5 Å². The van der Waals surface area contributed by atoms with E-state index in [1.807, 2.05) is 0 Å². The van der Waals surface area contributed by atoms with Gasteiger partial charge in [0, 0.05) is 12.0 Å². The molecule has 0 saturated heterocycles. The molecule has 0 aliphatic carbocycles. The summed E-state index contributed by atoms with van der Waals surface area (Å²) in [7, 11) is 1.53. The van der Waals surface area contributed by atoms with Crippen LogP contribution in [-0.4, -0.2) is 25.3 Å². The number of hydrogen-bond acceptors (Lipinski definition) is 4. The highest BCUT2D eigenvalue weighted by Crippen LogP contribution is 2.28. The van der Waals surface area contributed by atoms with E-state index in [-0.39, 0.29) is 11.6 Å². The zero-order valence-corrected chi connectivity index (χ0v) is 11.0. The molecule has 0 unspecified atom stereocenters. The van der Waals surface area contributed by atoms with Crippen LogP contribution < -0.4 is 9.47 Å². The normalized spacial score (nSPS) is 9.94. The number of Topliss-reactive ketones (excluding diaryl/α,β-unsaturated/α-hetero) is 2. The van der Waals surface area contributed by atoms with Crippen LogP contribution in [0.4, 0.5) is 0 Å². The predicted molar refractivity (Wildman–Crippen MR) is 68.4 cm³/mol. The topological polar surface area (TPSA) is 52.6 Å². The van der Waals surface area contributed by atoms with E-state index >= 15 is 0 Å². The molecule has 0 radical (unpaired) electrons. The molecule has 1 aromatic rings. The van der Waals surface area contributed by atoms with Gasteiger partial charge in [0.15, 0.2) is 17.3 Å². The number of carbonyl (C=O) groups excluding carboxylic acids is 2. The summed E-state index contributed by atoms with van der Waals surface area (Å²) in [5, 5.41) is 0. The van der Waals surface area contributed by atoms with E-state index in [0.29, 0.717) is 36.5 Å². The molecular weight excluding hydrogens is 232 g/mol. The molecule has 0 aromatic heterocycles. The minimum absolute atomic E-state index is 0.0172. The van der Waals surface area contributed by atoms with Gasteiger partial charge in [-0.05, 0) is 38.5 Å². The maximum absolute atomic E-state index is 11.2. The summed E-state index contributed by atoms with van der Waals surface area (Å²) in [4.78, 5) is 22.0. The molecule has 0 heterocycles. The number of ketones is 2. The van der Waals surface area contributed by atoms with E-state index in [4.69, 9.17) is 9.47 Å². The Morgan fingerprint density at radius 1 is 1.17 bits per heavy atom. The van der Waals surface area contributed by atoms with E-state index in [1.54, 1.807) is 25.1 Å². The van der Waals surface area contributed by atoms with Crippen molar-refractivity contribution in [2.45, 2.75) is 26.7 Å². The minimum Gasteiger partial charge on any atom is -0.493 e. The Labute approximate surface area is 107 Å². The number of benzene rings is 1. The second kappa shape index (κ2) is 6.79. The molecule has 0 aliphatic rings. The highest BCUT2D eigenvalue weighted by atomic mass is 16.5. The van der Waals surface area contributed by atoms with Gasteiger partial charge in [-0.3, -0.25) is 4.79 Å². The molecule has 0 saturated carbocycles. The number of hydrogen-bond donors (Lipinski definition) is 0. The SMILES string of the molecule is COc1cc(C(C)=O)ccc1OCCCC(C)=O. The summed E-state index contributed by atoms with van der Waals surface area (Å²) in [6, 6.07) is 5.07. The Balaban J connectivity index is 2.65. The molecule has 0 amide bonds. The Hall–Kier alpha value is -1.84. The van der Waals surface area contributed by atoms with Gasteiger partial charge in [-0.1, -0.05) is 0 Å². The van der Waals surface area contributed by atoms with Gasteiger partial charge in [0.2, 0.25) is 0 Å². The maximum Gasteiger partial charge on any atom is 0.161 e. The lowest BCUT2D eigenvalue weighted by molar-refractivity contribution is -0.117. The first-order valence-corrected chi connectivity index (χ1v) is 5.86. The highest BCUT2D eigenvalue weighted by molar-refractivity contribution is 5.94. The zero-order valence-electron chi connectivity index (χ0n) is 11.0. The van der Waals surface area contributed by atoms with E-state index in [2.05, 4.69) is 0 Å². The summed E-state index contributed by atoms with van der Waals surface area (Å²) in [5.74, 6) is 1.26. The minimum atomic E-state index is -0.0172. The van der Waals surface area contributed by atoms with Gasteiger partial charge in [0.25, 0.3) is 0 Å². The lowest BCUT2D eigenvalue weighted by Gasteiger charge is -2.11. The molecule has 4 nitrogen and oxygen atoms in total. The van der Waals surface area contributed by atoms with Crippen LogP contribution in [0.25, 0.3) is 0 Å². The fourth-order valence-electron chi connectivity index (χ4n) is 1.51. The Morgan fingerprint density at radius 3 is 2.44 bits per heavy atom. The standard InChI is InChI=1S/C14H18O4/c1-10(15)5-4-8-18-13-7-6-12(11(2)16)9-14(13)17-3/h6-7,9H,4-5,8H2,1-3H3. The van der Waals surface area contributed by atoms with Crippen molar-refractivity contribution >= 4 is 11.6 Å². The average molecular weight is 250 g/mol. The summed E-state index contributed by atoms with van der Waals surface area (Å²) in [6.07, 6.45) is 1.18. The van der Waals surface area contributed by atoms with Gasteiger partial charge in [0.1, 0.15) is 5.78 Å². The Bertz CT molecular complexity index is 437. The number of rotatable bonds is 7. The molecule has 98 valence electrons. The van der Waals surface area contributed by atoms with E-state index < -0.39 is 0 Å². The highest BCUT2D eigenvalue weighted by Gasteiger charge is 2.08. The van der Waals surface area contributed by atoms with Crippen LogP contribution in [0.1, 0.15) is 37.0 Å². The van der Waals surface area contributed by atoms with Crippen LogP contribution in [0, 0.1) is 0 Å². The number of carbonyl (C=O) groups is 2. The molecule has 0 aliphatic heterocycles. The molecule has 4 heteroatoms. The molecule has 1 rings (SSSR count). The molecule has 18 heavy (non-hydrogen) atoms. The van der Waals surface area contributed by atoms with Crippen LogP contribution >= 0.6 is 0 Å². The van der Waals surface area contributed by atoms with Gasteiger partial charge in [-0.25, -0.2) is 0 Å². The van der Waals surface area contributed by atoms with Crippen molar-refractivity contribution in [3.05, 3.63) is 23.8 Å². The van der Waals surface area contributed by atoms with Crippen LogP contribution in [0.15, 0.2) is 18.2 Å². The van der Waals surface area contributed by atoms with Crippen LogP contribution in [-0.2, 0) is 4.79 Å². The number of ether oxygens (including phenoxy) is 2. The summed E-state index contributed by atoms with van der Waals surface area (Å²) in [6.45, 7) is 3.51. The lowest BCUT2D eigenvalue weighted by Crippen LogP contribution is -2.02. The number of methoxy groups -OCH3 is 1. The third kappa shape index (κ3) is 4.20. The third-order valence-electron chi connectivity index (χ3n) is 2.50. The maximum atomic E-state index is 11.2. The molecular formula is C14H18O4. The van der Waals surface area contributed by atoms with Crippen LogP contribution in [0.3, 0.4) is 0 Å². The largest absolute Gasteiger partial charge is 0.493 e. The second-order valence-electron chi connectivity index (χ2n) is 4.08. The van der Waals surface area contributed by atoms with Crippen molar-refractivity contribution in [2.24, 2.45) is 0 Å². The van der Waals surface area contributed by atoms with E-state index in [0.717, 1.165) is 0 Å². The molecule has 0 fully saturated rings. The molecule has 0 bridgehead atoms. The quantitative estimate of drug-likeness (QED) is 0.551. The fourth-order valence-corrected chi connectivity index (χ4v) is 1.51. The van der Waals surface area contributed by atoms with Crippen molar-refractivity contribution in [1.82, 2.24) is 0 Å². The molecule has 0 N–H and O–H groups in total. The second-order valence-corrected chi connectivity index (χ2v) is 4.08. The molecule has 0 atom stereocenters. The van der Waals surface area contributed by atoms with Crippen LogP contribution in [0.2, 0.25) is 0 Å². The van der Waals surface area contributed by atoms with Gasteiger partial charge in [-0.2, -0.15) is 0 Å². The zero-order chi connectivity index (χ0) is 13.5. The Kier molecular flexibility index (Phi) is 5.36. The summed E-state index contributed by atoms with van der Waals surface area (Å²) >= 11 is 0. The van der Waals surface area contributed by atoms with Gasteiger partial charge >= 0.3 is 0 Å². The van der Waals surface area contributed by atoms with E-state index in [1.165, 1.54) is 14.0 Å². The molecule has 1 aromatic carbocycles. The van der Waals surface area contributed by atoms with Crippen molar-refractivity contribution < 1.29 is 19.1 Å². The lowest BCUT2D eigenvalue weighted by atomic mass is 10.1. The summed E-state index contributed by atoms with van der Waals surface area (Å²) < 4.78 is 10.7. The first kappa shape index (κ1) is 14.2. The van der Waals surface area contributed by atoms with Gasteiger partial charge < -0.3 is 14.3 Å². The first-order valence-electron chi connectivity index (χ1n) is 5.86. The molecule has 0 spiro atoms. The van der Waals surface area contributed by atoms with Gasteiger partial charge in [-0.15, -0.1) is 0 Å². The summed E-state index contributed by atoms with van der Waals surface area (Å²) in [5.41, 5.74) is 0.586. The van der Waals surface area contributed by atoms with Crippen molar-refractivity contribution in [1.29, 1.82) is 0 Å². The predicted octanol–water partition coefficient (Wildman–Crippen LogP) is 2.65. The monoisotopic (exact) mass is 250 g/mol. The van der Waals surface area contributed by atoms with Crippen molar-refractivity contribution in [2.75, 3.05) is 13.7 Å². The smallest absolute Gasteiger partial charge is 0.161 e.